The van der Waals surface area contributed by atoms with Crippen molar-refractivity contribution >= 4 is 44.4 Å². The Morgan fingerprint density at radius 3 is 1.35 bits per heavy atom. The van der Waals surface area contributed by atoms with Crippen LogP contribution in [0, 0.1) is 0 Å². The van der Waals surface area contributed by atoms with Crippen LogP contribution in [0.5, 0.6) is 11.5 Å². The number of aldehydes is 2. The Hall–Kier alpha value is -1.66. The summed E-state index contributed by atoms with van der Waals surface area (Å²) in [6.07, 6.45) is 1.45. The molecule has 104 valence electrons. The molecule has 0 bridgehead atoms. The van der Waals surface area contributed by atoms with Crippen molar-refractivity contribution in [1.29, 1.82) is 0 Å². The largest absolute Gasteiger partial charge is 0.507 e. The van der Waals surface area contributed by atoms with Gasteiger partial charge in [-0.15, -0.1) is 0 Å². The summed E-state index contributed by atoms with van der Waals surface area (Å²) in [6.45, 7) is 0. The van der Waals surface area contributed by atoms with E-state index in [-0.39, 0.29) is 11.5 Å². The summed E-state index contributed by atoms with van der Waals surface area (Å²) >= 11 is 6.16. The van der Waals surface area contributed by atoms with Gasteiger partial charge >= 0.3 is 0 Å². The third-order valence-corrected chi connectivity index (χ3v) is 3.49. The monoisotopic (exact) mass is 400 g/mol. The van der Waals surface area contributed by atoms with Crippen molar-refractivity contribution in [2.45, 2.75) is 0 Å². The highest BCUT2D eigenvalue weighted by molar-refractivity contribution is 9.10. The van der Waals surface area contributed by atoms with Crippen LogP contribution in [0.25, 0.3) is 0 Å². The molecule has 2 aromatic carbocycles. The fourth-order valence-corrected chi connectivity index (χ4v) is 1.99. The molecule has 0 aliphatic rings. The van der Waals surface area contributed by atoms with Crippen molar-refractivity contribution in [3.8, 4) is 11.5 Å². The summed E-state index contributed by atoms with van der Waals surface area (Å²) in [5.41, 5.74) is 1.09. The molecule has 0 fully saturated rings. The van der Waals surface area contributed by atoms with Gasteiger partial charge in [-0.05, 0) is 68.3 Å². The van der Waals surface area contributed by atoms with Crippen molar-refractivity contribution in [1.82, 2.24) is 0 Å². The van der Waals surface area contributed by atoms with Gasteiger partial charge in [-0.2, -0.15) is 0 Å². The molecule has 0 amide bonds. The highest BCUT2D eigenvalue weighted by Crippen LogP contribution is 2.24. The Balaban J connectivity index is 0.000000200. The molecule has 2 aromatic rings. The second-order valence-corrected chi connectivity index (χ2v) is 5.37. The number of rotatable bonds is 2. The maximum Gasteiger partial charge on any atom is 0.150 e. The molecule has 0 unspecified atom stereocenters. The minimum absolute atomic E-state index is 0.144. The van der Waals surface area contributed by atoms with E-state index in [2.05, 4.69) is 31.9 Å². The molecule has 4 nitrogen and oxygen atoms in total. The van der Waals surface area contributed by atoms with Gasteiger partial charge in [-0.1, -0.05) is 0 Å². The van der Waals surface area contributed by atoms with Gasteiger partial charge in [0.05, 0.1) is 8.95 Å². The molecule has 0 atom stereocenters. The first-order chi connectivity index (χ1) is 9.47. The van der Waals surface area contributed by atoms with Gasteiger partial charge in [0.25, 0.3) is 0 Å². The molecule has 0 radical (unpaired) electrons. The van der Waals surface area contributed by atoms with Gasteiger partial charge in [0.15, 0.2) is 0 Å². The van der Waals surface area contributed by atoms with E-state index in [1.165, 1.54) is 12.1 Å². The van der Waals surface area contributed by atoms with Crippen LogP contribution in [0.4, 0.5) is 0 Å². The summed E-state index contributed by atoms with van der Waals surface area (Å²) in [5, 5.41) is 18.0. The zero-order chi connectivity index (χ0) is 15.1. The van der Waals surface area contributed by atoms with E-state index < -0.39 is 0 Å². The van der Waals surface area contributed by atoms with Crippen molar-refractivity contribution in [2.24, 2.45) is 0 Å². The maximum absolute atomic E-state index is 10.2. The van der Waals surface area contributed by atoms with Crippen LogP contribution in [0.3, 0.4) is 0 Å². The topological polar surface area (TPSA) is 74.6 Å². The molecule has 6 heteroatoms. The third kappa shape index (κ3) is 4.79. The Labute approximate surface area is 132 Å². The second kappa shape index (κ2) is 7.81. The first-order valence-corrected chi connectivity index (χ1v) is 6.94. The highest BCUT2D eigenvalue weighted by atomic mass is 79.9. The lowest BCUT2D eigenvalue weighted by Gasteiger charge is -1.94. The van der Waals surface area contributed by atoms with E-state index in [1.54, 1.807) is 24.3 Å². The molecule has 0 aliphatic carbocycles. The lowest BCUT2D eigenvalue weighted by molar-refractivity contribution is 0.111. The first-order valence-electron chi connectivity index (χ1n) is 5.35. The molecule has 0 aliphatic heterocycles. The molecule has 20 heavy (non-hydrogen) atoms. The van der Waals surface area contributed by atoms with Crippen molar-refractivity contribution < 1.29 is 19.8 Å². The second-order valence-electron chi connectivity index (χ2n) is 3.66. The van der Waals surface area contributed by atoms with E-state index in [1.807, 2.05) is 0 Å². The number of benzene rings is 2. The number of carbonyl (C=O) groups is 2. The van der Waals surface area contributed by atoms with Gasteiger partial charge in [0, 0.05) is 11.1 Å². The van der Waals surface area contributed by atoms with E-state index >= 15 is 0 Å². The molecule has 0 saturated heterocycles. The Kier molecular flexibility index (Phi) is 6.41. The van der Waals surface area contributed by atoms with Crippen LogP contribution in [0.1, 0.15) is 20.7 Å². The third-order valence-electron chi connectivity index (χ3n) is 2.22. The number of hydrogen-bond donors (Lipinski definition) is 2. The van der Waals surface area contributed by atoms with Crippen LogP contribution >= 0.6 is 31.9 Å². The van der Waals surface area contributed by atoms with Crippen molar-refractivity contribution in [3.63, 3.8) is 0 Å². The standard InChI is InChI=1S/2C7H5BrO2/c2*8-6-3-5(4-9)1-2-7(6)10/h2*1-4,10H. The smallest absolute Gasteiger partial charge is 0.150 e. The van der Waals surface area contributed by atoms with Gasteiger partial charge in [-0.3, -0.25) is 9.59 Å². The summed E-state index contributed by atoms with van der Waals surface area (Å²) in [7, 11) is 0. The Bertz CT molecular complexity index is 571. The van der Waals surface area contributed by atoms with Gasteiger partial charge in [0.2, 0.25) is 0 Å². The van der Waals surface area contributed by atoms with Crippen LogP contribution in [-0.2, 0) is 0 Å². The molecular weight excluding hydrogens is 392 g/mol. The SMILES string of the molecule is O=Cc1ccc(O)c(Br)c1.O=Cc1ccc(O)c(Br)c1. The Morgan fingerprint density at radius 2 is 1.10 bits per heavy atom. The maximum atomic E-state index is 10.2. The average Bonchev–Trinajstić information content (AvgIpc) is 2.45. The zero-order valence-corrected chi connectivity index (χ0v) is 13.3. The predicted molar refractivity (Wildman–Crippen MR) is 82.4 cm³/mol. The first kappa shape index (κ1) is 16.4. The van der Waals surface area contributed by atoms with E-state index in [4.69, 9.17) is 10.2 Å². The lowest BCUT2D eigenvalue weighted by Crippen LogP contribution is -1.77. The molecule has 2 N–H and O–H groups in total. The molecule has 0 spiro atoms. The summed E-state index contributed by atoms with van der Waals surface area (Å²) in [6, 6.07) is 9.15. The number of phenols is 2. The normalized spacial score (nSPS) is 9.30. The molecule has 0 heterocycles. The van der Waals surface area contributed by atoms with Gasteiger partial charge in [-0.25, -0.2) is 0 Å². The minimum Gasteiger partial charge on any atom is -0.507 e. The van der Waals surface area contributed by atoms with Gasteiger partial charge < -0.3 is 10.2 Å². The van der Waals surface area contributed by atoms with Crippen LogP contribution in [0.2, 0.25) is 0 Å². The van der Waals surface area contributed by atoms with Crippen molar-refractivity contribution in [3.05, 3.63) is 56.5 Å². The van der Waals surface area contributed by atoms with E-state index in [9.17, 15) is 9.59 Å². The molecule has 0 saturated carbocycles. The zero-order valence-electron chi connectivity index (χ0n) is 10.1. The summed E-state index contributed by atoms with van der Waals surface area (Å²) < 4.78 is 1.08. The lowest BCUT2D eigenvalue weighted by atomic mass is 10.2. The summed E-state index contributed by atoms with van der Waals surface area (Å²) in [5.74, 6) is 0.288. The number of aromatic hydroxyl groups is 2. The van der Waals surface area contributed by atoms with Gasteiger partial charge in [0.1, 0.15) is 24.1 Å². The Morgan fingerprint density at radius 1 is 0.750 bits per heavy atom. The van der Waals surface area contributed by atoms with Crippen LogP contribution in [0.15, 0.2) is 45.3 Å². The minimum atomic E-state index is 0.144. The molecule has 2 rings (SSSR count). The number of carbonyl (C=O) groups excluding carboxylic acids is 2. The number of hydrogen-bond acceptors (Lipinski definition) is 4. The quantitative estimate of drug-likeness (QED) is 0.747. The van der Waals surface area contributed by atoms with E-state index in [0.717, 1.165) is 12.6 Å². The predicted octanol–water partition coefficient (Wildman–Crippen LogP) is 3.93. The molecule has 0 aromatic heterocycles. The van der Waals surface area contributed by atoms with E-state index in [0.29, 0.717) is 20.1 Å². The summed E-state index contributed by atoms with van der Waals surface area (Å²) in [4.78, 5) is 20.3. The highest BCUT2D eigenvalue weighted by Gasteiger charge is 1.97. The fraction of sp³-hybridized carbons (Fsp3) is 0. The number of halogens is 2. The fourth-order valence-electron chi connectivity index (χ4n) is 1.19. The van der Waals surface area contributed by atoms with Crippen LogP contribution in [-0.4, -0.2) is 22.8 Å². The number of phenolic OH excluding ortho intramolecular Hbond substituents is 2. The molecular formula is C14H10Br2O4. The van der Waals surface area contributed by atoms with Crippen LogP contribution < -0.4 is 0 Å². The average molecular weight is 402 g/mol. The van der Waals surface area contributed by atoms with Crippen molar-refractivity contribution in [2.75, 3.05) is 0 Å².